The van der Waals surface area contributed by atoms with E-state index in [2.05, 4.69) is 17.0 Å². The number of halogens is 1. The maximum atomic E-state index is 12.6. The normalized spacial score (nSPS) is 21.4. The number of aryl methyl sites for hydroxylation is 1. The Morgan fingerprint density at radius 3 is 2.25 bits per heavy atom. The molecule has 1 saturated carbocycles. The summed E-state index contributed by atoms with van der Waals surface area (Å²) in [7, 11) is -3.06. The second-order valence-electron chi connectivity index (χ2n) is 6.92. The Morgan fingerprint density at radius 2 is 1.62 bits per heavy atom. The van der Waals surface area contributed by atoms with Crippen LogP contribution in [0.25, 0.3) is 0 Å². The van der Waals surface area contributed by atoms with E-state index >= 15 is 0 Å². The molecule has 134 valence electrons. The molecule has 6 heteroatoms. The van der Waals surface area contributed by atoms with Gasteiger partial charge >= 0.3 is 0 Å². The Bertz CT molecular complexity index is 619. The van der Waals surface area contributed by atoms with Gasteiger partial charge in [0.15, 0.2) is 0 Å². The van der Waals surface area contributed by atoms with Gasteiger partial charge in [0, 0.05) is 31.2 Å². The Morgan fingerprint density at radius 1 is 1.00 bits per heavy atom. The molecular formula is C18H27ClN2O2S. The molecule has 2 aliphatic rings. The highest BCUT2D eigenvalue weighted by Gasteiger charge is 2.35. The van der Waals surface area contributed by atoms with Crippen molar-refractivity contribution in [1.82, 2.24) is 9.21 Å². The fourth-order valence-corrected chi connectivity index (χ4v) is 5.91. The molecule has 1 aromatic rings. The highest BCUT2D eigenvalue weighted by atomic mass is 35.5. The zero-order valence-electron chi connectivity index (χ0n) is 14.2. The van der Waals surface area contributed by atoms with Crippen LogP contribution in [-0.2, 0) is 16.4 Å². The van der Waals surface area contributed by atoms with Crippen LogP contribution in [0.3, 0.4) is 0 Å². The Kier molecular flexibility index (Phi) is 6.19. The maximum Gasteiger partial charge on any atom is 0.217 e. The number of rotatable bonds is 6. The number of sulfonamides is 1. The van der Waals surface area contributed by atoms with Crippen molar-refractivity contribution >= 4 is 21.6 Å². The average Bonchev–Trinajstić information content (AvgIpc) is 3.13. The number of benzene rings is 1. The predicted octanol–water partition coefficient (Wildman–Crippen LogP) is 3.16. The van der Waals surface area contributed by atoms with E-state index in [0.717, 1.165) is 63.2 Å². The van der Waals surface area contributed by atoms with Crippen LogP contribution < -0.4 is 0 Å². The van der Waals surface area contributed by atoms with Crippen molar-refractivity contribution in [2.45, 2.75) is 43.8 Å². The van der Waals surface area contributed by atoms with E-state index in [1.165, 1.54) is 5.56 Å². The van der Waals surface area contributed by atoms with Gasteiger partial charge in [0.05, 0.1) is 5.25 Å². The zero-order valence-corrected chi connectivity index (χ0v) is 15.7. The van der Waals surface area contributed by atoms with Crippen molar-refractivity contribution in [2.24, 2.45) is 0 Å². The van der Waals surface area contributed by atoms with Gasteiger partial charge in [-0.15, -0.1) is 0 Å². The monoisotopic (exact) mass is 370 g/mol. The predicted molar refractivity (Wildman–Crippen MR) is 99.0 cm³/mol. The first-order valence-electron chi connectivity index (χ1n) is 9.01. The molecule has 24 heavy (non-hydrogen) atoms. The van der Waals surface area contributed by atoms with Crippen molar-refractivity contribution in [1.29, 1.82) is 0 Å². The summed E-state index contributed by atoms with van der Waals surface area (Å²) in [6.45, 7) is 4.04. The summed E-state index contributed by atoms with van der Waals surface area (Å²) < 4.78 is 27.0. The van der Waals surface area contributed by atoms with Gasteiger partial charge in [-0.05, 0) is 49.9 Å². The lowest BCUT2D eigenvalue weighted by molar-refractivity contribution is 0.186. The largest absolute Gasteiger partial charge is 0.301 e. The number of nitrogens with zero attached hydrogens (tertiary/aromatic N) is 2. The number of hydrogen-bond acceptors (Lipinski definition) is 3. The second-order valence-corrected chi connectivity index (χ2v) is 9.57. The maximum absolute atomic E-state index is 12.6. The van der Waals surface area contributed by atoms with Crippen molar-refractivity contribution < 1.29 is 8.42 Å². The Hall–Kier alpha value is -0.620. The summed E-state index contributed by atoms with van der Waals surface area (Å²) in [6.07, 6.45) is 5.96. The molecule has 3 rings (SSSR count). The third-order valence-corrected chi connectivity index (χ3v) is 7.92. The van der Waals surface area contributed by atoms with Crippen molar-refractivity contribution in [3.63, 3.8) is 0 Å². The molecule has 0 atom stereocenters. The molecule has 4 nitrogen and oxygen atoms in total. The first-order chi connectivity index (χ1) is 11.6. The van der Waals surface area contributed by atoms with Gasteiger partial charge in [-0.3, -0.25) is 0 Å². The van der Waals surface area contributed by atoms with Gasteiger partial charge in [0.25, 0.3) is 0 Å². The van der Waals surface area contributed by atoms with E-state index in [1.54, 1.807) is 4.31 Å². The molecule has 0 amide bonds. The Balaban J connectivity index is 1.41. The van der Waals surface area contributed by atoms with Gasteiger partial charge < -0.3 is 4.90 Å². The fraction of sp³-hybridized carbons (Fsp3) is 0.667. The molecule has 0 spiro atoms. The summed E-state index contributed by atoms with van der Waals surface area (Å²) >= 11 is 5.90. The topological polar surface area (TPSA) is 40.6 Å². The standard InChI is InChI=1S/C18H27ClN2O2S/c19-17-9-7-16(8-10-17)4-3-11-20-12-14-21(15-13-20)24(22,23)18-5-1-2-6-18/h7-10,18H,1-6,11-15H2. The van der Waals surface area contributed by atoms with Crippen LogP contribution in [0.2, 0.25) is 5.02 Å². The minimum atomic E-state index is -3.06. The smallest absolute Gasteiger partial charge is 0.217 e. The lowest BCUT2D eigenvalue weighted by Gasteiger charge is -2.35. The molecule has 0 radical (unpaired) electrons. The van der Waals surface area contributed by atoms with E-state index in [1.807, 2.05) is 12.1 Å². The second kappa shape index (κ2) is 8.17. The summed E-state index contributed by atoms with van der Waals surface area (Å²) in [5, 5.41) is 0.660. The molecule has 0 unspecified atom stereocenters. The van der Waals surface area contributed by atoms with Crippen molar-refractivity contribution in [2.75, 3.05) is 32.7 Å². The highest BCUT2D eigenvalue weighted by molar-refractivity contribution is 7.89. The van der Waals surface area contributed by atoms with Crippen LogP contribution in [0.15, 0.2) is 24.3 Å². The van der Waals surface area contributed by atoms with E-state index in [-0.39, 0.29) is 5.25 Å². The molecule has 1 aromatic carbocycles. The Labute approximate surface area is 150 Å². The molecule has 1 aliphatic carbocycles. The number of piperazine rings is 1. The van der Waals surface area contributed by atoms with Crippen LogP contribution in [0.5, 0.6) is 0 Å². The van der Waals surface area contributed by atoms with E-state index in [4.69, 9.17) is 11.6 Å². The van der Waals surface area contributed by atoms with Gasteiger partial charge in [-0.25, -0.2) is 8.42 Å². The third kappa shape index (κ3) is 4.51. The van der Waals surface area contributed by atoms with Crippen LogP contribution in [-0.4, -0.2) is 55.6 Å². The first-order valence-corrected chi connectivity index (χ1v) is 10.9. The molecule has 1 aliphatic heterocycles. The number of hydrogen-bond donors (Lipinski definition) is 0. The average molecular weight is 371 g/mol. The first kappa shape index (κ1) is 18.2. The fourth-order valence-electron chi connectivity index (χ4n) is 3.76. The molecule has 1 heterocycles. The van der Waals surface area contributed by atoms with Gasteiger partial charge in [-0.2, -0.15) is 4.31 Å². The summed E-state index contributed by atoms with van der Waals surface area (Å²) in [6, 6.07) is 8.02. The molecule has 0 aromatic heterocycles. The summed E-state index contributed by atoms with van der Waals surface area (Å²) in [4.78, 5) is 2.39. The van der Waals surface area contributed by atoms with Gasteiger partial charge in [0.1, 0.15) is 0 Å². The quantitative estimate of drug-likeness (QED) is 0.772. The van der Waals surface area contributed by atoms with E-state index in [0.29, 0.717) is 13.1 Å². The van der Waals surface area contributed by atoms with E-state index in [9.17, 15) is 8.42 Å². The van der Waals surface area contributed by atoms with Gasteiger partial charge in [0.2, 0.25) is 10.0 Å². The SMILES string of the molecule is O=S(=O)(C1CCCC1)N1CCN(CCCc2ccc(Cl)cc2)CC1. The van der Waals surface area contributed by atoms with Crippen LogP contribution in [0.1, 0.15) is 37.7 Å². The van der Waals surface area contributed by atoms with Gasteiger partial charge in [-0.1, -0.05) is 36.6 Å². The van der Waals surface area contributed by atoms with E-state index < -0.39 is 10.0 Å². The molecular weight excluding hydrogens is 344 g/mol. The summed E-state index contributed by atoms with van der Waals surface area (Å²) in [5.41, 5.74) is 1.31. The lowest BCUT2D eigenvalue weighted by Crippen LogP contribution is -2.50. The third-order valence-electron chi connectivity index (χ3n) is 5.27. The molecule has 2 fully saturated rings. The minimum absolute atomic E-state index is 0.117. The minimum Gasteiger partial charge on any atom is -0.301 e. The van der Waals surface area contributed by atoms with Crippen LogP contribution in [0.4, 0.5) is 0 Å². The molecule has 0 N–H and O–H groups in total. The zero-order chi connectivity index (χ0) is 17.0. The lowest BCUT2D eigenvalue weighted by atomic mass is 10.1. The molecule has 1 saturated heterocycles. The van der Waals surface area contributed by atoms with Crippen molar-refractivity contribution in [3.8, 4) is 0 Å². The molecule has 0 bridgehead atoms. The van der Waals surface area contributed by atoms with Crippen LogP contribution in [0, 0.1) is 0 Å². The van der Waals surface area contributed by atoms with Crippen molar-refractivity contribution in [3.05, 3.63) is 34.9 Å². The highest BCUT2D eigenvalue weighted by Crippen LogP contribution is 2.27. The summed E-state index contributed by atoms with van der Waals surface area (Å²) in [5.74, 6) is 0. The van der Waals surface area contributed by atoms with Crippen LogP contribution >= 0.6 is 11.6 Å².